The molecular weight excluding hydrogens is 276 g/mol. The van der Waals surface area contributed by atoms with Gasteiger partial charge in [-0.2, -0.15) is 0 Å². The standard InChI is InChI=1S/C9H11BrN4O2/c10-8-5-7(14(15)16)6-9(12-8)13-3-1-11-2-4-13/h5-6,11H,1-4H2. The third-order valence-corrected chi connectivity index (χ3v) is 2.82. The van der Waals surface area contributed by atoms with Crippen LogP contribution in [-0.4, -0.2) is 36.1 Å². The maximum Gasteiger partial charge on any atom is 0.275 e. The van der Waals surface area contributed by atoms with Crippen LogP contribution in [0.4, 0.5) is 11.5 Å². The molecule has 0 bridgehead atoms. The van der Waals surface area contributed by atoms with E-state index in [0.717, 1.165) is 26.2 Å². The highest BCUT2D eigenvalue weighted by Gasteiger charge is 2.16. The predicted octanol–water partition coefficient (Wildman–Crippen LogP) is 1.16. The summed E-state index contributed by atoms with van der Waals surface area (Å²) < 4.78 is 0.496. The highest BCUT2D eigenvalue weighted by atomic mass is 79.9. The van der Waals surface area contributed by atoms with Gasteiger partial charge in [-0.25, -0.2) is 4.98 Å². The first kappa shape index (κ1) is 11.3. The molecule has 0 saturated carbocycles. The van der Waals surface area contributed by atoms with Gasteiger partial charge < -0.3 is 10.2 Å². The summed E-state index contributed by atoms with van der Waals surface area (Å²) in [5, 5.41) is 13.9. The summed E-state index contributed by atoms with van der Waals surface area (Å²) >= 11 is 3.19. The Balaban J connectivity index is 2.28. The molecule has 2 rings (SSSR count). The minimum Gasteiger partial charge on any atom is -0.354 e. The molecule has 1 aliphatic rings. The van der Waals surface area contributed by atoms with Crippen LogP contribution >= 0.6 is 15.9 Å². The van der Waals surface area contributed by atoms with E-state index in [9.17, 15) is 10.1 Å². The van der Waals surface area contributed by atoms with Gasteiger partial charge in [-0.3, -0.25) is 10.1 Å². The molecule has 6 nitrogen and oxygen atoms in total. The Hall–Kier alpha value is -1.21. The van der Waals surface area contributed by atoms with E-state index >= 15 is 0 Å². The zero-order valence-corrected chi connectivity index (χ0v) is 10.1. The van der Waals surface area contributed by atoms with Crippen LogP contribution in [0.3, 0.4) is 0 Å². The summed E-state index contributed by atoms with van der Waals surface area (Å²) in [4.78, 5) is 16.6. The molecule has 0 amide bonds. The van der Waals surface area contributed by atoms with E-state index in [-0.39, 0.29) is 5.69 Å². The van der Waals surface area contributed by atoms with Gasteiger partial charge in [0.15, 0.2) is 0 Å². The lowest BCUT2D eigenvalue weighted by Gasteiger charge is -2.28. The van der Waals surface area contributed by atoms with Crippen molar-refractivity contribution in [2.75, 3.05) is 31.1 Å². The monoisotopic (exact) mass is 286 g/mol. The topological polar surface area (TPSA) is 71.3 Å². The number of nitrogens with zero attached hydrogens (tertiary/aromatic N) is 3. The van der Waals surface area contributed by atoms with Crippen LogP contribution in [0.1, 0.15) is 0 Å². The molecule has 0 aliphatic carbocycles. The van der Waals surface area contributed by atoms with Crippen molar-refractivity contribution in [2.45, 2.75) is 0 Å². The largest absolute Gasteiger partial charge is 0.354 e. The minimum absolute atomic E-state index is 0.0652. The van der Waals surface area contributed by atoms with Crippen LogP contribution in [0.15, 0.2) is 16.7 Å². The number of nitro groups is 1. The van der Waals surface area contributed by atoms with Gasteiger partial charge in [0, 0.05) is 32.2 Å². The van der Waals surface area contributed by atoms with E-state index in [1.807, 2.05) is 4.90 Å². The Morgan fingerprint density at radius 3 is 2.75 bits per heavy atom. The van der Waals surface area contributed by atoms with Crippen molar-refractivity contribution >= 4 is 27.4 Å². The molecule has 1 N–H and O–H groups in total. The number of rotatable bonds is 2. The lowest BCUT2D eigenvalue weighted by molar-refractivity contribution is -0.384. The number of piperazine rings is 1. The van der Waals surface area contributed by atoms with Gasteiger partial charge in [0.25, 0.3) is 5.69 Å². The molecule has 1 aromatic rings. The van der Waals surface area contributed by atoms with E-state index in [1.165, 1.54) is 12.1 Å². The van der Waals surface area contributed by atoms with Crippen molar-refractivity contribution in [1.82, 2.24) is 10.3 Å². The van der Waals surface area contributed by atoms with Crippen molar-refractivity contribution in [1.29, 1.82) is 0 Å². The Labute approximate surface area is 101 Å². The van der Waals surface area contributed by atoms with Gasteiger partial charge in [-0.15, -0.1) is 0 Å². The predicted molar refractivity (Wildman–Crippen MR) is 63.7 cm³/mol. The van der Waals surface area contributed by atoms with Crippen molar-refractivity contribution in [3.05, 3.63) is 26.9 Å². The normalized spacial score (nSPS) is 16.2. The molecule has 86 valence electrons. The highest BCUT2D eigenvalue weighted by Crippen LogP contribution is 2.23. The Bertz CT molecular complexity index is 406. The molecule has 16 heavy (non-hydrogen) atoms. The van der Waals surface area contributed by atoms with Crippen LogP contribution in [0.25, 0.3) is 0 Å². The fraction of sp³-hybridized carbons (Fsp3) is 0.444. The van der Waals surface area contributed by atoms with Crippen molar-refractivity contribution in [2.24, 2.45) is 0 Å². The molecule has 0 unspecified atom stereocenters. The summed E-state index contributed by atoms with van der Waals surface area (Å²) in [5.74, 6) is 0.655. The number of pyridine rings is 1. The third-order valence-electron chi connectivity index (χ3n) is 2.42. The molecule has 0 spiro atoms. The van der Waals surface area contributed by atoms with Gasteiger partial charge in [0.05, 0.1) is 11.0 Å². The molecule has 7 heteroatoms. The molecule has 1 fully saturated rings. The van der Waals surface area contributed by atoms with Gasteiger partial charge in [-0.1, -0.05) is 0 Å². The Morgan fingerprint density at radius 2 is 2.12 bits per heavy atom. The number of halogens is 1. The maximum absolute atomic E-state index is 10.7. The SMILES string of the molecule is O=[N+]([O-])c1cc(Br)nc(N2CCNCC2)c1. The average Bonchev–Trinajstić information content (AvgIpc) is 2.29. The van der Waals surface area contributed by atoms with Crippen molar-refractivity contribution in [3.63, 3.8) is 0 Å². The second kappa shape index (κ2) is 4.75. The lowest BCUT2D eigenvalue weighted by Crippen LogP contribution is -2.43. The van der Waals surface area contributed by atoms with Crippen LogP contribution in [-0.2, 0) is 0 Å². The first-order valence-corrected chi connectivity index (χ1v) is 5.74. The molecular formula is C9H11BrN4O2. The Kier molecular flexibility index (Phi) is 3.35. The third kappa shape index (κ3) is 2.48. The highest BCUT2D eigenvalue weighted by molar-refractivity contribution is 9.10. The summed E-state index contributed by atoms with van der Waals surface area (Å²) in [5.41, 5.74) is 0.0652. The fourth-order valence-electron chi connectivity index (χ4n) is 1.63. The molecule has 1 aliphatic heterocycles. The number of hydrogen-bond donors (Lipinski definition) is 1. The second-order valence-corrected chi connectivity index (χ2v) is 4.31. The number of anilines is 1. The maximum atomic E-state index is 10.7. The Morgan fingerprint density at radius 1 is 1.44 bits per heavy atom. The van der Waals surface area contributed by atoms with Gasteiger partial charge in [-0.05, 0) is 15.9 Å². The summed E-state index contributed by atoms with van der Waals surface area (Å²) in [6.45, 7) is 3.39. The average molecular weight is 287 g/mol. The summed E-state index contributed by atoms with van der Waals surface area (Å²) in [7, 11) is 0. The number of aromatic nitrogens is 1. The molecule has 1 saturated heterocycles. The number of hydrogen-bond acceptors (Lipinski definition) is 5. The summed E-state index contributed by atoms with van der Waals surface area (Å²) in [6, 6.07) is 2.92. The quantitative estimate of drug-likeness (QED) is 0.502. The zero-order chi connectivity index (χ0) is 11.5. The molecule has 0 radical (unpaired) electrons. The number of nitrogens with one attached hydrogen (secondary N) is 1. The van der Waals surface area contributed by atoms with Crippen LogP contribution < -0.4 is 10.2 Å². The van der Waals surface area contributed by atoms with Crippen molar-refractivity contribution < 1.29 is 4.92 Å². The smallest absolute Gasteiger partial charge is 0.275 e. The lowest BCUT2D eigenvalue weighted by atomic mass is 10.3. The van der Waals surface area contributed by atoms with Gasteiger partial charge >= 0.3 is 0 Å². The van der Waals surface area contributed by atoms with Crippen LogP contribution in [0.2, 0.25) is 0 Å². The molecule has 0 atom stereocenters. The van der Waals surface area contributed by atoms with E-state index < -0.39 is 4.92 Å². The van der Waals surface area contributed by atoms with Crippen LogP contribution in [0.5, 0.6) is 0 Å². The van der Waals surface area contributed by atoms with E-state index in [0.29, 0.717) is 10.4 Å². The van der Waals surface area contributed by atoms with E-state index in [2.05, 4.69) is 26.2 Å². The van der Waals surface area contributed by atoms with E-state index in [1.54, 1.807) is 0 Å². The molecule has 0 aromatic carbocycles. The first-order chi connectivity index (χ1) is 7.66. The molecule has 1 aromatic heterocycles. The second-order valence-electron chi connectivity index (χ2n) is 3.50. The summed E-state index contributed by atoms with van der Waals surface area (Å²) in [6.07, 6.45) is 0. The van der Waals surface area contributed by atoms with Gasteiger partial charge in [0.2, 0.25) is 0 Å². The van der Waals surface area contributed by atoms with Crippen molar-refractivity contribution in [3.8, 4) is 0 Å². The van der Waals surface area contributed by atoms with Gasteiger partial charge in [0.1, 0.15) is 10.4 Å². The molecule has 2 heterocycles. The van der Waals surface area contributed by atoms with E-state index in [4.69, 9.17) is 0 Å². The first-order valence-electron chi connectivity index (χ1n) is 4.94. The van der Waals surface area contributed by atoms with Crippen LogP contribution in [0, 0.1) is 10.1 Å². The fourth-order valence-corrected chi connectivity index (χ4v) is 2.05. The minimum atomic E-state index is -0.405. The zero-order valence-electron chi connectivity index (χ0n) is 8.52.